The first-order valence-electron chi connectivity index (χ1n) is 13.3. The van der Waals surface area contributed by atoms with Gasteiger partial charge in [-0.3, -0.25) is 4.90 Å². The quantitative estimate of drug-likeness (QED) is 0.682. The highest BCUT2D eigenvalue weighted by Gasteiger charge is 2.30. The highest BCUT2D eigenvalue weighted by atomic mass is 16.5. The lowest BCUT2D eigenvalue weighted by Crippen LogP contribution is -2.51. The molecule has 1 aromatic heterocycles. The van der Waals surface area contributed by atoms with Crippen LogP contribution in [0.15, 0.2) is 24.3 Å². The Kier molecular flexibility index (Phi) is 7.46. The fourth-order valence-corrected chi connectivity index (χ4v) is 5.71. The van der Waals surface area contributed by atoms with Crippen molar-refractivity contribution in [3.05, 3.63) is 35.5 Å². The summed E-state index contributed by atoms with van der Waals surface area (Å²) in [6.07, 6.45) is 7.56. The molecule has 1 saturated carbocycles. The zero-order chi connectivity index (χ0) is 25.1. The number of carbonyl (C=O) groups is 1. The van der Waals surface area contributed by atoms with Crippen LogP contribution in [0.2, 0.25) is 0 Å². The van der Waals surface area contributed by atoms with E-state index in [0.717, 1.165) is 67.4 Å². The first-order valence-corrected chi connectivity index (χ1v) is 13.3. The van der Waals surface area contributed by atoms with Crippen LogP contribution in [0.25, 0.3) is 0 Å². The second-order valence-electron chi connectivity index (χ2n) is 10.3. The van der Waals surface area contributed by atoms with E-state index >= 15 is 0 Å². The number of anilines is 3. The molecule has 2 amide bonds. The van der Waals surface area contributed by atoms with Gasteiger partial charge in [0.1, 0.15) is 11.6 Å². The molecule has 3 aliphatic rings. The molecule has 2 aliphatic heterocycles. The molecular weight excluding hydrogens is 454 g/mol. The standard InChI is InChI=1S/C27H39N7O2/c1-31(2)25-23-19-34(27(35)28-20-8-7-11-22(18-20)36-3)13-12-24(23)29-26(30-25)33-16-14-32(15-17-33)21-9-5-4-6-10-21/h7-8,11,18,21H,4-6,9-10,12-17,19H2,1-3H3,(H,28,35). The smallest absolute Gasteiger partial charge is 0.322 e. The minimum absolute atomic E-state index is 0.124. The van der Waals surface area contributed by atoms with Gasteiger partial charge in [0.05, 0.1) is 19.3 Å². The van der Waals surface area contributed by atoms with E-state index in [9.17, 15) is 4.79 Å². The lowest BCUT2D eigenvalue weighted by atomic mass is 9.94. The second-order valence-corrected chi connectivity index (χ2v) is 10.3. The predicted molar refractivity (Wildman–Crippen MR) is 143 cm³/mol. The summed E-state index contributed by atoms with van der Waals surface area (Å²) in [7, 11) is 5.65. The van der Waals surface area contributed by atoms with Gasteiger partial charge in [-0.1, -0.05) is 25.3 Å². The van der Waals surface area contributed by atoms with Crippen LogP contribution in [-0.2, 0) is 13.0 Å². The lowest BCUT2D eigenvalue weighted by Gasteiger charge is -2.41. The fourth-order valence-electron chi connectivity index (χ4n) is 5.71. The van der Waals surface area contributed by atoms with Crippen LogP contribution in [0, 0.1) is 0 Å². The van der Waals surface area contributed by atoms with Gasteiger partial charge in [0.15, 0.2) is 0 Å². The number of ether oxygens (including phenoxy) is 1. The van der Waals surface area contributed by atoms with E-state index in [4.69, 9.17) is 14.7 Å². The third-order valence-electron chi connectivity index (χ3n) is 7.75. The van der Waals surface area contributed by atoms with Crippen molar-refractivity contribution in [1.29, 1.82) is 0 Å². The summed E-state index contributed by atoms with van der Waals surface area (Å²) in [4.78, 5) is 32.0. The molecule has 0 bridgehead atoms. The van der Waals surface area contributed by atoms with E-state index in [0.29, 0.717) is 18.8 Å². The van der Waals surface area contributed by atoms with Crippen LogP contribution in [0.5, 0.6) is 5.75 Å². The first-order chi connectivity index (χ1) is 17.5. The van der Waals surface area contributed by atoms with Crippen LogP contribution in [0.3, 0.4) is 0 Å². The number of fused-ring (bicyclic) bond motifs is 1. The molecule has 0 spiro atoms. The van der Waals surface area contributed by atoms with Crippen molar-refractivity contribution < 1.29 is 9.53 Å². The zero-order valence-corrected chi connectivity index (χ0v) is 21.9. The Morgan fingerprint density at radius 1 is 1.06 bits per heavy atom. The molecule has 1 saturated heterocycles. The van der Waals surface area contributed by atoms with E-state index in [1.165, 1.54) is 32.1 Å². The monoisotopic (exact) mass is 493 g/mol. The summed E-state index contributed by atoms with van der Waals surface area (Å²) in [5, 5.41) is 3.00. The molecule has 0 radical (unpaired) electrons. The maximum absolute atomic E-state index is 13.0. The molecule has 9 nitrogen and oxygen atoms in total. The number of rotatable bonds is 5. The van der Waals surface area contributed by atoms with Gasteiger partial charge in [0.2, 0.25) is 5.95 Å². The minimum Gasteiger partial charge on any atom is -0.497 e. The Balaban J connectivity index is 1.27. The van der Waals surface area contributed by atoms with E-state index in [2.05, 4.69) is 15.1 Å². The van der Waals surface area contributed by atoms with Gasteiger partial charge in [-0.05, 0) is 25.0 Å². The number of nitrogens with one attached hydrogen (secondary N) is 1. The summed E-state index contributed by atoms with van der Waals surface area (Å²) in [5.41, 5.74) is 2.82. The molecule has 2 aromatic rings. The number of urea groups is 1. The van der Waals surface area contributed by atoms with Crippen LogP contribution in [0.4, 0.5) is 22.2 Å². The van der Waals surface area contributed by atoms with E-state index < -0.39 is 0 Å². The Bertz CT molecular complexity index is 1060. The average molecular weight is 494 g/mol. The number of benzene rings is 1. The van der Waals surface area contributed by atoms with Crippen LogP contribution >= 0.6 is 0 Å². The maximum atomic E-state index is 13.0. The number of methoxy groups -OCH3 is 1. The summed E-state index contributed by atoms with van der Waals surface area (Å²) in [6.45, 7) is 5.23. The molecule has 1 aliphatic carbocycles. The number of piperazine rings is 1. The number of aromatic nitrogens is 2. The van der Waals surface area contributed by atoms with Crippen molar-refractivity contribution in [3.8, 4) is 5.75 Å². The van der Waals surface area contributed by atoms with Crippen LogP contribution in [-0.4, -0.2) is 85.8 Å². The van der Waals surface area contributed by atoms with E-state index in [1.54, 1.807) is 7.11 Å². The predicted octanol–water partition coefficient (Wildman–Crippen LogP) is 3.60. The van der Waals surface area contributed by atoms with E-state index in [1.807, 2.05) is 48.2 Å². The summed E-state index contributed by atoms with van der Waals surface area (Å²) < 4.78 is 5.27. The Morgan fingerprint density at radius 2 is 1.83 bits per heavy atom. The maximum Gasteiger partial charge on any atom is 0.322 e. The number of nitrogens with zero attached hydrogens (tertiary/aromatic N) is 6. The number of hydrogen-bond acceptors (Lipinski definition) is 7. The van der Waals surface area contributed by atoms with Crippen molar-refractivity contribution in [2.75, 3.05) is 69.0 Å². The van der Waals surface area contributed by atoms with Crippen molar-refractivity contribution in [3.63, 3.8) is 0 Å². The number of carbonyl (C=O) groups excluding carboxylic acids is 1. The topological polar surface area (TPSA) is 77.1 Å². The fraction of sp³-hybridized carbons (Fsp3) is 0.593. The highest BCUT2D eigenvalue weighted by molar-refractivity contribution is 5.89. The number of hydrogen-bond donors (Lipinski definition) is 1. The zero-order valence-electron chi connectivity index (χ0n) is 21.9. The molecule has 0 atom stereocenters. The molecule has 3 heterocycles. The molecular formula is C27H39N7O2. The summed E-state index contributed by atoms with van der Waals surface area (Å²) in [5.74, 6) is 2.45. The normalized spacial score (nSPS) is 19.1. The van der Waals surface area contributed by atoms with Gasteiger partial charge in [-0.25, -0.2) is 9.78 Å². The highest BCUT2D eigenvalue weighted by Crippen LogP contribution is 2.30. The largest absolute Gasteiger partial charge is 0.497 e. The van der Waals surface area contributed by atoms with Crippen molar-refractivity contribution in [2.24, 2.45) is 0 Å². The summed E-state index contributed by atoms with van der Waals surface area (Å²) in [6, 6.07) is 8.06. The van der Waals surface area contributed by atoms with Gasteiger partial charge in [-0.15, -0.1) is 0 Å². The second kappa shape index (κ2) is 10.9. The van der Waals surface area contributed by atoms with Gasteiger partial charge in [-0.2, -0.15) is 4.98 Å². The van der Waals surface area contributed by atoms with Crippen molar-refractivity contribution >= 4 is 23.5 Å². The Morgan fingerprint density at radius 3 is 2.56 bits per heavy atom. The Hall–Kier alpha value is -3.07. The van der Waals surface area contributed by atoms with Gasteiger partial charge < -0.3 is 24.8 Å². The average Bonchev–Trinajstić information content (AvgIpc) is 2.92. The molecule has 36 heavy (non-hydrogen) atoms. The van der Waals surface area contributed by atoms with Crippen molar-refractivity contribution in [2.45, 2.75) is 51.1 Å². The van der Waals surface area contributed by atoms with Crippen molar-refractivity contribution in [1.82, 2.24) is 19.8 Å². The third-order valence-corrected chi connectivity index (χ3v) is 7.75. The minimum atomic E-state index is -0.124. The lowest BCUT2D eigenvalue weighted by molar-refractivity contribution is 0.147. The van der Waals surface area contributed by atoms with Crippen LogP contribution in [0.1, 0.15) is 43.4 Å². The first kappa shape index (κ1) is 24.6. The van der Waals surface area contributed by atoms with Gasteiger partial charge in [0.25, 0.3) is 0 Å². The van der Waals surface area contributed by atoms with Crippen LogP contribution < -0.4 is 19.9 Å². The SMILES string of the molecule is COc1cccc(NC(=O)N2CCc3nc(N4CCN(C5CCCCC5)CC4)nc(N(C)C)c3C2)c1. The van der Waals surface area contributed by atoms with E-state index in [-0.39, 0.29) is 6.03 Å². The summed E-state index contributed by atoms with van der Waals surface area (Å²) >= 11 is 0. The molecule has 1 N–H and O–H groups in total. The molecule has 2 fully saturated rings. The molecule has 0 unspecified atom stereocenters. The van der Waals surface area contributed by atoms with Gasteiger partial charge >= 0.3 is 6.03 Å². The molecule has 5 rings (SSSR count). The Labute approximate surface area is 214 Å². The molecule has 1 aromatic carbocycles. The third kappa shape index (κ3) is 5.36. The number of amides is 2. The molecule has 194 valence electrons. The van der Waals surface area contributed by atoms with Gasteiger partial charge in [0, 0.05) is 76.6 Å². The molecule has 9 heteroatoms.